The number of benzene rings is 9. The molecule has 0 aliphatic heterocycles. The summed E-state index contributed by atoms with van der Waals surface area (Å²) in [6, 6.07) is 73.5. The van der Waals surface area contributed by atoms with Crippen LogP contribution < -0.4 is 4.90 Å². The van der Waals surface area contributed by atoms with Gasteiger partial charge in [0.15, 0.2) is 0 Å². The van der Waals surface area contributed by atoms with E-state index in [-0.39, 0.29) is 0 Å². The fraction of sp³-hybridized carbons (Fsp3) is 0. The minimum atomic E-state index is 1.11. The Balaban J connectivity index is 1.18. The molecular weight excluding hydrogens is 703 g/mol. The maximum atomic E-state index is 2.44. The highest BCUT2D eigenvalue weighted by molar-refractivity contribution is 7.26. The predicted molar refractivity (Wildman–Crippen MR) is 241 cm³/mol. The molecule has 0 amide bonds. The van der Waals surface area contributed by atoms with Gasteiger partial charge in [0.2, 0.25) is 0 Å². The van der Waals surface area contributed by atoms with E-state index in [0.29, 0.717) is 0 Å². The van der Waals surface area contributed by atoms with Gasteiger partial charge in [-0.25, -0.2) is 0 Å². The second-order valence-electron chi connectivity index (χ2n) is 14.1. The van der Waals surface area contributed by atoms with Gasteiger partial charge in [-0.2, -0.15) is 0 Å². The SMILES string of the molecule is c1ccc(-c2ccc(N(c3cc(-c4ccccc4)cc(-c4cc5ccccc5c5c4sc4ccccc45)c3)c3ccc4c(c3)sc3ccccc34)cc2)cc1. The molecule has 11 rings (SSSR count). The first-order valence-corrected chi connectivity index (χ1v) is 20.3. The van der Waals surface area contributed by atoms with Crippen molar-refractivity contribution in [2.24, 2.45) is 0 Å². The number of nitrogens with zero attached hydrogens (tertiary/aromatic N) is 1. The van der Waals surface area contributed by atoms with E-state index in [2.05, 4.69) is 205 Å². The highest BCUT2D eigenvalue weighted by Crippen LogP contribution is 2.47. The summed E-state index contributed by atoms with van der Waals surface area (Å²) < 4.78 is 5.23. The molecule has 0 aliphatic rings. The van der Waals surface area contributed by atoms with E-state index in [1.807, 2.05) is 22.7 Å². The van der Waals surface area contributed by atoms with Gasteiger partial charge in [-0.3, -0.25) is 0 Å². The normalized spacial score (nSPS) is 11.6. The number of fused-ring (bicyclic) bond motifs is 8. The van der Waals surface area contributed by atoms with Crippen LogP contribution in [0.1, 0.15) is 0 Å². The van der Waals surface area contributed by atoms with Crippen LogP contribution in [0.4, 0.5) is 17.1 Å². The van der Waals surface area contributed by atoms with Crippen LogP contribution in [0.25, 0.3) is 84.5 Å². The Morgan fingerprint density at radius 2 is 0.873 bits per heavy atom. The Morgan fingerprint density at radius 3 is 1.64 bits per heavy atom. The molecule has 0 saturated carbocycles. The van der Waals surface area contributed by atoms with Gasteiger partial charge in [-0.05, 0) is 99.3 Å². The van der Waals surface area contributed by atoms with Gasteiger partial charge in [0.1, 0.15) is 0 Å². The molecular formula is C52H33NS2. The van der Waals surface area contributed by atoms with Crippen LogP contribution in [0.5, 0.6) is 0 Å². The Labute approximate surface area is 327 Å². The summed E-state index contributed by atoms with van der Waals surface area (Å²) in [4.78, 5) is 2.44. The second kappa shape index (κ2) is 13.1. The maximum absolute atomic E-state index is 2.44. The number of hydrogen-bond donors (Lipinski definition) is 0. The van der Waals surface area contributed by atoms with Gasteiger partial charge in [0.05, 0.1) is 0 Å². The van der Waals surface area contributed by atoms with Crippen molar-refractivity contribution in [2.45, 2.75) is 0 Å². The molecule has 0 spiro atoms. The largest absolute Gasteiger partial charge is 0.310 e. The molecule has 11 aromatic rings. The number of hydrogen-bond acceptors (Lipinski definition) is 3. The molecule has 2 heterocycles. The van der Waals surface area contributed by atoms with Gasteiger partial charge in [0.25, 0.3) is 0 Å². The zero-order valence-corrected chi connectivity index (χ0v) is 31.4. The van der Waals surface area contributed by atoms with Gasteiger partial charge in [0, 0.05) is 63.0 Å². The van der Waals surface area contributed by atoms with Crippen molar-refractivity contribution in [3.05, 3.63) is 200 Å². The molecule has 0 unspecified atom stereocenters. The lowest BCUT2D eigenvalue weighted by Crippen LogP contribution is -2.10. The number of rotatable bonds is 6. The zero-order valence-electron chi connectivity index (χ0n) is 29.8. The van der Waals surface area contributed by atoms with E-state index in [0.717, 1.165) is 17.1 Å². The van der Waals surface area contributed by atoms with E-state index < -0.39 is 0 Å². The van der Waals surface area contributed by atoms with E-state index in [1.54, 1.807) is 0 Å². The Morgan fingerprint density at radius 1 is 0.309 bits per heavy atom. The lowest BCUT2D eigenvalue weighted by atomic mass is 9.93. The van der Waals surface area contributed by atoms with Crippen LogP contribution >= 0.6 is 22.7 Å². The smallest absolute Gasteiger partial charge is 0.0476 e. The molecule has 0 bridgehead atoms. The van der Waals surface area contributed by atoms with Crippen molar-refractivity contribution < 1.29 is 0 Å². The lowest BCUT2D eigenvalue weighted by Gasteiger charge is -2.27. The minimum absolute atomic E-state index is 1.11. The van der Waals surface area contributed by atoms with E-state index in [1.165, 1.54) is 84.5 Å². The first-order valence-electron chi connectivity index (χ1n) is 18.7. The molecule has 0 fully saturated rings. The Kier molecular flexibility index (Phi) is 7.61. The summed E-state index contributed by atoms with van der Waals surface area (Å²) >= 11 is 3.76. The number of anilines is 3. The van der Waals surface area contributed by atoms with Crippen LogP contribution in [0.15, 0.2) is 200 Å². The van der Waals surface area contributed by atoms with E-state index >= 15 is 0 Å². The molecule has 1 nitrogen and oxygen atoms in total. The Bertz CT molecular complexity index is 3190. The third kappa shape index (κ3) is 5.51. The third-order valence-electron chi connectivity index (χ3n) is 10.8. The highest BCUT2D eigenvalue weighted by Gasteiger charge is 2.20. The van der Waals surface area contributed by atoms with Gasteiger partial charge in [-0.1, -0.05) is 140 Å². The molecule has 0 saturated heterocycles. The van der Waals surface area contributed by atoms with Crippen molar-refractivity contribution in [3.63, 3.8) is 0 Å². The molecule has 3 heteroatoms. The van der Waals surface area contributed by atoms with Gasteiger partial charge in [-0.15, -0.1) is 22.7 Å². The van der Waals surface area contributed by atoms with Crippen LogP contribution in [0.3, 0.4) is 0 Å². The summed E-state index contributed by atoms with van der Waals surface area (Å²) in [5.74, 6) is 0. The molecule has 0 atom stereocenters. The average Bonchev–Trinajstić information content (AvgIpc) is 3.83. The van der Waals surface area contributed by atoms with Crippen molar-refractivity contribution in [1.29, 1.82) is 0 Å². The zero-order chi connectivity index (χ0) is 36.3. The quantitative estimate of drug-likeness (QED) is 0.164. The summed E-state index contributed by atoms with van der Waals surface area (Å²) in [5.41, 5.74) is 10.6. The maximum Gasteiger partial charge on any atom is 0.0476 e. The van der Waals surface area contributed by atoms with Crippen LogP contribution in [0, 0.1) is 0 Å². The first-order chi connectivity index (χ1) is 27.2. The van der Waals surface area contributed by atoms with Crippen molar-refractivity contribution in [3.8, 4) is 33.4 Å². The molecule has 9 aromatic carbocycles. The fourth-order valence-electron chi connectivity index (χ4n) is 8.22. The molecule has 0 radical (unpaired) electrons. The predicted octanol–water partition coefficient (Wildman–Crippen LogP) is 16.0. The van der Waals surface area contributed by atoms with Crippen LogP contribution in [-0.4, -0.2) is 0 Å². The standard InChI is InChI=1S/C52H33NS2/c1-3-13-34(14-4-1)36-23-25-40(26-24-36)53(41-27-28-45-44-19-9-11-21-48(44)54-50(45)33-41)42-30-38(35-15-5-2-6-16-35)29-39(31-42)47-32-37-17-7-8-18-43(37)51-46-20-10-12-22-49(46)55-52(47)51/h1-33H. The van der Waals surface area contributed by atoms with E-state index in [4.69, 9.17) is 0 Å². The van der Waals surface area contributed by atoms with E-state index in [9.17, 15) is 0 Å². The van der Waals surface area contributed by atoms with Gasteiger partial charge >= 0.3 is 0 Å². The summed E-state index contributed by atoms with van der Waals surface area (Å²) in [6.07, 6.45) is 0. The first kappa shape index (κ1) is 32.0. The Hall–Kier alpha value is -6.52. The minimum Gasteiger partial charge on any atom is -0.310 e. The van der Waals surface area contributed by atoms with Gasteiger partial charge < -0.3 is 4.90 Å². The fourth-order valence-corrected chi connectivity index (χ4v) is 10.6. The average molecular weight is 736 g/mol. The summed E-state index contributed by atoms with van der Waals surface area (Å²) in [7, 11) is 0. The van der Waals surface area contributed by atoms with Crippen molar-refractivity contribution >= 4 is 90.9 Å². The molecule has 55 heavy (non-hydrogen) atoms. The monoisotopic (exact) mass is 735 g/mol. The molecule has 0 aliphatic carbocycles. The van der Waals surface area contributed by atoms with Crippen molar-refractivity contribution in [2.75, 3.05) is 4.90 Å². The van der Waals surface area contributed by atoms with Crippen molar-refractivity contribution in [1.82, 2.24) is 0 Å². The summed E-state index contributed by atoms with van der Waals surface area (Å²) in [6.45, 7) is 0. The summed E-state index contributed by atoms with van der Waals surface area (Å²) in [5, 5.41) is 7.81. The van der Waals surface area contributed by atoms with Crippen LogP contribution in [0.2, 0.25) is 0 Å². The number of thiophene rings is 2. The highest BCUT2D eigenvalue weighted by atomic mass is 32.1. The second-order valence-corrected chi connectivity index (χ2v) is 16.2. The lowest BCUT2D eigenvalue weighted by molar-refractivity contribution is 1.29. The molecule has 2 aromatic heterocycles. The molecule has 258 valence electrons. The van der Waals surface area contributed by atoms with Crippen LogP contribution in [-0.2, 0) is 0 Å². The molecule has 0 N–H and O–H groups in total. The third-order valence-corrected chi connectivity index (χ3v) is 13.2. The topological polar surface area (TPSA) is 3.24 Å².